The lowest BCUT2D eigenvalue weighted by Gasteiger charge is -2.05. The van der Waals surface area contributed by atoms with Crippen LogP contribution in [0.1, 0.15) is 26.2 Å². The fraction of sp³-hybridized carbons (Fsp3) is 0.385. The van der Waals surface area contributed by atoms with Gasteiger partial charge in [-0.05, 0) is 38.3 Å². The molecular formula is C13H20O. The molecule has 0 heterocycles. The Bertz CT molecular complexity index is 211. The Morgan fingerprint density at radius 1 is 1.29 bits per heavy atom. The summed E-state index contributed by atoms with van der Waals surface area (Å²) in [5.74, 6) is 0.906. The van der Waals surface area contributed by atoms with E-state index in [1.807, 2.05) is 31.2 Å². The third-order valence-corrected chi connectivity index (χ3v) is 1.75. The average Bonchev–Trinajstić information content (AvgIpc) is 2.22. The topological polar surface area (TPSA) is 9.23 Å². The summed E-state index contributed by atoms with van der Waals surface area (Å²) in [6.07, 6.45) is 12.7. The van der Waals surface area contributed by atoms with Crippen molar-refractivity contribution in [2.24, 2.45) is 0 Å². The minimum atomic E-state index is 0.773. The molecule has 0 fully saturated rings. The van der Waals surface area contributed by atoms with E-state index < -0.39 is 0 Å². The van der Waals surface area contributed by atoms with Crippen LogP contribution in [0.5, 0.6) is 0 Å². The Kier molecular flexibility index (Phi) is 8.97. The van der Waals surface area contributed by atoms with Crippen LogP contribution in [-0.2, 0) is 4.74 Å². The summed E-state index contributed by atoms with van der Waals surface area (Å²) in [5.41, 5.74) is 0. The standard InChI is InChI=1S/C13H20O/c1-4-7-9-10-12-14-13(6-3)11-8-5-2/h4-6,8,11H,1-2,7,9-10,12H2,3H3/b11-8-,13-6+. The van der Waals surface area contributed by atoms with E-state index in [2.05, 4.69) is 13.2 Å². The molecule has 0 aromatic heterocycles. The summed E-state index contributed by atoms with van der Waals surface area (Å²) >= 11 is 0. The Labute approximate surface area is 87.5 Å². The molecule has 0 atom stereocenters. The van der Waals surface area contributed by atoms with Crippen molar-refractivity contribution in [3.63, 3.8) is 0 Å². The first kappa shape index (κ1) is 12.8. The zero-order chi connectivity index (χ0) is 10.6. The highest BCUT2D eigenvalue weighted by atomic mass is 16.5. The van der Waals surface area contributed by atoms with Crippen LogP contribution in [0, 0.1) is 0 Å². The van der Waals surface area contributed by atoms with Gasteiger partial charge in [-0.1, -0.05) is 24.8 Å². The molecule has 0 aromatic carbocycles. The molecule has 0 aliphatic rings. The average molecular weight is 192 g/mol. The molecule has 0 spiro atoms. The zero-order valence-electron chi connectivity index (χ0n) is 9.04. The highest BCUT2D eigenvalue weighted by Crippen LogP contribution is 2.03. The molecule has 1 heteroatoms. The van der Waals surface area contributed by atoms with Crippen LogP contribution in [0.25, 0.3) is 0 Å². The molecule has 0 saturated heterocycles. The second-order valence-electron chi connectivity index (χ2n) is 2.92. The first-order chi connectivity index (χ1) is 6.85. The van der Waals surface area contributed by atoms with Crippen LogP contribution < -0.4 is 0 Å². The van der Waals surface area contributed by atoms with Crippen molar-refractivity contribution in [1.29, 1.82) is 0 Å². The van der Waals surface area contributed by atoms with Crippen LogP contribution in [0.4, 0.5) is 0 Å². The zero-order valence-corrected chi connectivity index (χ0v) is 9.04. The molecule has 0 bridgehead atoms. The van der Waals surface area contributed by atoms with Crippen molar-refractivity contribution in [3.05, 3.63) is 49.3 Å². The number of hydrogen-bond donors (Lipinski definition) is 0. The Morgan fingerprint density at radius 2 is 2.07 bits per heavy atom. The Balaban J connectivity index is 3.58. The summed E-state index contributed by atoms with van der Waals surface area (Å²) in [4.78, 5) is 0. The van der Waals surface area contributed by atoms with E-state index in [1.54, 1.807) is 6.08 Å². The normalized spacial score (nSPS) is 11.6. The molecule has 0 aliphatic carbocycles. The van der Waals surface area contributed by atoms with Gasteiger partial charge in [-0.3, -0.25) is 0 Å². The van der Waals surface area contributed by atoms with Crippen LogP contribution >= 0.6 is 0 Å². The third-order valence-electron chi connectivity index (χ3n) is 1.75. The van der Waals surface area contributed by atoms with Crippen molar-refractivity contribution in [1.82, 2.24) is 0 Å². The molecule has 0 radical (unpaired) electrons. The van der Waals surface area contributed by atoms with Gasteiger partial charge in [0.05, 0.1) is 6.61 Å². The number of ether oxygens (including phenoxy) is 1. The van der Waals surface area contributed by atoms with Crippen LogP contribution in [-0.4, -0.2) is 6.61 Å². The lowest BCUT2D eigenvalue weighted by molar-refractivity contribution is 0.217. The van der Waals surface area contributed by atoms with Gasteiger partial charge in [0.2, 0.25) is 0 Å². The molecule has 0 aromatic rings. The highest BCUT2D eigenvalue weighted by Gasteiger charge is 1.90. The SMILES string of the molecule is C=C/C=C\C(=C/C)OCCCCC=C. The van der Waals surface area contributed by atoms with E-state index in [9.17, 15) is 0 Å². The first-order valence-electron chi connectivity index (χ1n) is 5.04. The van der Waals surface area contributed by atoms with Gasteiger partial charge in [0.25, 0.3) is 0 Å². The fourth-order valence-corrected chi connectivity index (χ4v) is 0.971. The molecular weight excluding hydrogens is 172 g/mol. The summed E-state index contributed by atoms with van der Waals surface area (Å²) in [6.45, 7) is 10.0. The smallest absolute Gasteiger partial charge is 0.115 e. The quantitative estimate of drug-likeness (QED) is 0.244. The summed E-state index contributed by atoms with van der Waals surface area (Å²) in [6, 6.07) is 0. The molecule has 0 saturated carbocycles. The van der Waals surface area contributed by atoms with Gasteiger partial charge < -0.3 is 4.74 Å². The van der Waals surface area contributed by atoms with Gasteiger partial charge in [-0.2, -0.15) is 0 Å². The van der Waals surface area contributed by atoms with Gasteiger partial charge in [0, 0.05) is 0 Å². The van der Waals surface area contributed by atoms with Crippen LogP contribution in [0.15, 0.2) is 49.3 Å². The summed E-state index contributed by atoms with van der Waals surface area (Å²) in [5, 5.41) is 0. The number of hydrogen-bond acceptors (Lipinski definition) is 1. The molecule has 0 N–H and O–H groups in total. The van der Waals surface area contributed by atoms with E-state index >= 15 is 0 Å². The predicted octanol–water partition coefficient (Wildman–Crippen LogP) is 4.01. The van der Waals surface area contributed by atoms with E-state index in [-0.39, 0.29) is 0 Å². The highest BCUT2D eigenvalue weighted by molar-refractivity contribution is 5.15. The third kappa shape index (κ3) is 7.41. The minimum Gasteiger partial charge on any atom is -0.494 e. The molecule has 1 nitrogen and oxygen atoms in total. The maximum absolute atomic E-state index is 5.53. The van der Waals surface area contributed by atoms with E-state index in [4.69, 9.17) is 4.74 Å². The monoisotopic (exact) mass is 192 g/mol. The molecule has 0 unspecified atom stereocenters. The second-order valence-corrected chi connectivity index (χ2v) is 2.92. The lowest BCUT2D eigenvalue weighted by Crippen LogP contribution is -1.92. The summed E-state index contributed by atoms with van der Waals surface area (Å²) in [7, 11) is 0. The summed E-state index contributed by atoms with van der Waals surface area (Å²) < 4.78 is 5.53. The number of unbranched alkanes of at least 4 members (excludes halogenated alkanes) is 2. The van der Waals surface area contributed by atoms with Gasteiger partial charge in [0.15, 0.2) is 0 Å². The molecule has 0 aliphatic heterocycles. The lowest BCUT2D eigenvalue weighted by atomic mass is 10.2. The van der Waals surface area contributed by atoms with Crippen molar-refractivity contribution < 1.29 is 4.74 Å². The van der Waals surface area contributed by atoms with Crippen molar-refractivity contribution >= 4 is 0 Å². The fourth-order valence-electron chi connectivity index (χ4n) is 0.971. The molecule has 78 valence electrons. The second kappa shape index (κ2) is 9.85. The Morgan fingerprint density at radius 3 is 2.64 bits per heavy atom. The maximum Gasteiger partial charge on any atom is 0.115 e. The van der Waals surface area contributed by atoms with Gasteiger partial charge in [-0.25, -0.2) is 0 Å². The molecule has 0 rings (SSSR count). The van der Waals surface area contributed by atoms with Gasteiger partial charge in [-0.15, -0.1) is 6.58 Å². The van der Waals surface area contributed by atoms with Crippen LogP contribution in [0.2, 0.25) is 0 Å². The van der Waals surface area contributed by atoms with Crippen LogP contribution in [0.3, 0.4) is 0 Å². The van der Waals surface area contributed by atoms with E-state index in [1.165, 1.54) is 0 Å². The number of allylic oxidation sites excluding steroid dienone is 5. The van der Waals surface area contributed by atoms with Gasteiger partial charge >= 0.3 is 0 Å². The largest absolute Gasteiger partial charge is 0.494 e. The Hall–Kier alpha value is -1.24. The number of rotatable bonds is 8. The van der Waals surface area contributed by atoms with Gasteiger partial charge in [0.1, 0.15) is 5.76 Å². The molecule has 14 heavy (non-hydrogen) atoms. The van der Waals surface area contributed by atoms with E-state index in [0.29, 0.717) is 0 Å². The predicted molar refractivity (Wildman–Crippen MR) is 63.1 cm³/mol. The van der Waals surface area contributed by atoms with Crippen molar-refractivity contribution in [2.75, 3.05) is 6.61 Å². The first-order valence-corrected chi connectivity index (χ1v) is 5.04. The molecule has 0 amide bonds. The minimum absolute atomic E-state index is 0.773. The van der Waals surface area contributed by atoms with E-state index in [0.717, 1.165) is 31.6 Å². The maximum atomic E-state index is 5.53. The van der Waals surface area contributed by atoms with Crippen molar-refractivity contribution in [3.8, 4) is 0 Å². The van der Waals surface area contributed by atoms with Crippen molar-refractivity contribution in [2.45, 2.75) is 26.2 Å².